The number of benzene rings is 1. The van der Waals surface area contributed by atoms with Gasteiger partial charge >= 0.3 is 0 Å². The first-order valence-electron chi connectivity index (χ1n) is 8.11. The minimum atomic E-state index is -0.348. The van der Waals surface area contributed by atoms with Gasteiger partial charge in [0.15, 0.2) is 5.82 Å². The third kappa shape index (κ3) is 3.47. The molecule has 3 rings (SSSR count). The molecule has 0 unspecified atom stereocenters. The number of carbonyl (C=O) groups is 1. The summed E-state index contributed by atoms with van der Waals surface area (Å²) < 4.78 is 14.0. The number of rotatable bonds is 4. The van der Waals surface area contributed by atoms with E-state index < -0.39 is 0 Å². The Bertz CT molecular complexity index is 766. The van der Waals surface area contributed by atoms with Crippen molar-refractivity contribution in [2.45, 2.75) is 13.3 Å². The van der Waals surface area contributed by atoms with Gasteiger partial charge in [0.05, 0.1) is 5.69 Å². The van der Waals surface area contributed by atoms with Crippen molar-refractivity contribution in [1.82, 2.24) is 9.97 Å². The predicted octanol–water partition coefficient (Wildman–Crippen LogP) is 1.16. The lowest BCUT2D eigenvalue weighted by Gasteiger charge is -2.38. The zero-order valence-electron chi connectivity index (χ0n) is 14.1. The van der Waals surface area contributed by atoms with Crippen LogP contribution in [0.1, 0.15) is 11.3 Å². The number of halogens is 1. The maximum Gasteiger partial charge on any atom is 0.222 e. The fraction of sp³-hybridized carbons (Fsp3) is 0.353. The van der Waals surface area contributed by atoms with E-state index in [4.69, 9.17) is 11.5 Å². The van der Waals surface area contributed by atoms with Crippen molar-refractivity contribution >= 4 is 29.4 Å². The van der Waals surface area contributed by atoms with Gasteiger partial charge in [0.25, 0.3) is 0 Å². The lowest BCUT2D eigenvalue weighted by molar-refractivity contribution is -0.107. The number of aldehydes is 1. The molecule has 0 aliphatic carbocycles. The van der Waals surface area contributed by atoms with Gasteiger partial charge < -0.3 is 26.1 Å². The van der Waals surface area contributed by atoms with Crippen LogP contribution < -0.4 is 21.3 Å². The number of aryl methyl sites for hydroxylation is 1. The van der Waals surface area contributed by atoms with E-state index in [1.165, 1.54) is 6.07 Å². The standard InChI is InChI=1S/C17H21FN6O/c1-11-15(16(19)22-17(20)21-11)24-7-5-23(6-8-24)13-3-2-12(4-9-25)14(18)10-13/h2-3,9-10H,4-8H2,1H3,(H4,19,20,21,22). The number of nitrogens with two attached hydrogens (primary N) is 2. The van der Waals surface area contributed by atoms with Crippen molar-refractivity contribution in [3.8, 4) is 0 Å². The summed E-state index contributed by atoms with van der Waals surface area (Å²) in [5.74, 6) is 0.199. The summed E-state index contributed by atoms with van der Waals surface area (Å²) in [5.41, 5.74) is 14.4. The van der Waals surface area contributed by atoms with Crippen LogP contribution in [-0.4, -0.2) is 42.4 Å². The highest BCUT2D eigenvalue weighted by Gasteiger charge is 2.22. The third-order valence-corrected chi connectivity index (χ3v) is 4.40. The van der Waals surface area contributed by atoms with Crippen LogP contribution in [0.4, 0.5) is 27.5 Å². The van der Waals surface area contributed by atoms with Crippen molar-refractivity contribution in [3.63, 3.8) is 0 Å². The molecule has 1 saturated heterocycles. The van der Waals surface area contributed by atoms with Gasteiger partial charge in [-0.2, -0.15) is 4.98 Å². The molecule has 1 fully saturated rings. The lowest BCUT2D eigenvalue weighted by Crippen LogP contribution is -2.47. The highest BCUT2D eigenvalue weighted by Crippen LogP contribution is 2.28. The second-order valence-corrected chi connectivity index (χ2v) is 6.02. The summed E-state index contributed by atoms with van der Waals surface area (Å²) in [6.07, 6.45) is 0.799. The Balaban J connectivity index is 1.72. The van der Waals surface area contributed by atoms with E-state index in [0.717, 1.165) is 43.2 Å². The Morgan fingerprint density at radius 2 is 1.84 bits per heavy atom. The molecule has 1 aromatic heterocycles. The predicted molar refractivity (Wildman–Crippen MR) is 96.2 cm³/mol. The number of piperazine rings is 1. The molecule has 25 heavy (non-hydrogen) atoms. The van der Waals surface area contributed by atoms with Gasteiger partial charge in [0.2, 0.25) is 5.95 Å². The number of carbonyl (C=O) groups excluding carboxylic acids is 1. The van der Waals surface area contributed by atoms with Gasteiger partial charge in [-0.25, -0.2) is 9.37 Å². The van der Waals surface area contributed by atoms with Crippen LogP contribution in [-0.2, 0) is 11.2 Å². The summed E-state index contributed by atoms with van der Waals surface area (Å²) in [6, 6.07) is 5.01. The van der Waals surface area contributed by atoms with E-state index in [1.54, 1.807) is 6.07 Å². The Hall–Kier alpha value is -2.90. The first-order valence-corrected chi connectivity index (χ1v) is 8.11. The number of hydrogen-bond donors (Lipinski definition) is 2. The van der Waals surface area contributed by atoms with Gasteiger partial charge in [-0.05, 0) is 24.6 Å². The fourth-order valence-corrected chi connectivity index (χ4v) is 3.18. The molecular formula is C17H21FN6O. The molecule has 1 aliphatic rings. The van der Waals surface area contributed by atoms with E-state index in [-0.39, 0.29) is 18.2 Å². The molecule has 7 nitrogen and oxygen atoms in total. The smallest absolute Gasteiger partial charge is 0.222 e. The second-order valence-electron chi connectivity index (χ2n) is 6.02. The minimum Gasteiger partial charge on any atom is -0.382 e. The van der Waals surface area contributed by atoms with Crippen LogP contribution in [0.2, 0.25) is 0 Å². The van der Waals surface area contributed by atoms with Gasteiger partial charge in [0.1, 0.15) is 17.8 Å². The highest BCUT2D eigenvalue weighted by atomic mass is 19.1. The molecular weight excluding hydrogens is 323 g/mol. The van der Waals surface area contributed by atoms with Crippen molar-refractivity contribution in [2.75, 3.05) is 47.4 Å². The number of anilines is 4. The molecule has 0 saturated carbocycles. The van der Waals surface area contributed by atoms with Gasteiger partial charge in [-0.1, -0.05) is 6.07 Å². The monoisotopic (exact) mass is 344 g/mol. The molecule has 8 heteroatoms. The van der Waals surface area contributed by atoms with Gasteiger partial charge in [0, 0.05) is 38.3 Å². The van der Waals surface area contributed by atoms with Crippen molar-refractivity contribution in [1.29, 1.82) is 0 Å². The molecule has 1 aliphatic heterocycles. The summed E-state index contributed by atoms with van der Waals surface area (Å²) in [4.78, 5) is 23.0. The van der Waals surface area contributed by atoms with Crippen LogP contribution in [0.15, 0.2) is 18.2 Å². The first-order chi connectivity index (χ1) is 12.0. The Morgan fingerprint density at radius 3 is 2.44 bits per heavy atom. The van der Waals surface area contributed by atoms with Crippen LogP contribution in [0, 0.1) is 12.7 Å². The largest absolute Gasteiger partial charge is 0.382 e. The van der Waals surface area contributed by atoms with Crippen molar-refractivity contribution in [2.24, 2.45) is 0 Å². The van der Waals surface area contributed by atoms with Crippen LogP contribution in [0.3, 0.4) is 0 Å². The molecule has 0 radical (unpaired) electrons. The number of nitrogens with zero attached hydrogens (tertiary/aromatic N) is 4. The topological polar surface area (TPSA) is 101 Å². The average Bonchev–Trinajstić information content (AvgIpc) is 2.56. The minimum absolute atomic E-state index is 0.0928. The Kier molecular flexibility index (Phi) is 4.69. The molecule has 132 valence electrons. The summed E-state index contributed by atoms with van der Waals surface area (Å²) >= 11 is 0. The van der Waals surface area contributed by atoms with E-state index in [9.17, 15) is 9.18 Å². The van der Waals surface area contributed by atoms with Crippen LogP contribution in [0.25, 0.3) is 0 Å². The van der Waals surface area contributed by atoms with Gasteiger partial charge in [-0.15, -0.1) is 0 Å². The second kappa shape index (κ2) is 6.92. The van der Waals surface area contributed by atoms with Crippen LogP contribution >= 0.6 is 0 Å². The van der Waals surface area contributed by atoms with Gasteiger partial charge in [-0.3, -0.25) is 0 Å². The molecule has 1 aromatic carbocycles. The fourth-order valence-electron chi connectivity index (χ4n) is 3.18. The maximum absolute atomic E-state index is 14.0. The molecule has 0 amide bonds. The van der Waals surface area contributed by atoms with E-state index in [1.807, 2.05) is 13.0 Å². The number of aromatic nitrogens is 2. The quantitative estimate of drug-likeness (QED) is 0.802. The van der Waals surface area contributed by atoms with E-state index in [0.29, 0.717) is 17.7 Å². The molecule has 4 N–H and O–H groups in total. The van der Waals surface area contributed by atoms with E-state index >= 15 is 0 Å². The van der Waals surface area contributed by atoms with Crippen molar-refractivity contribution < 1.29 is 9.18 Å². The Labute approximate surface area is 145 Å². The number of hydrogen-bond acceptors (Lipinski definition) is 7. The zero-order chi connectivity index (χ0) is 18.0. The third-order valence-electron chi connectivity index (χ3n) is 4.40. The SMILES string of the molecule is Cc1nc(N)nc(N)c1N1CCN(c2ccc(CC=O)c(F)c2)CC1. The maximum atomic E-state index is 14.0. The normalized spacial score (nSPS) is 14.6. The van der Waals surface area contributed by atoms with E-state index in [2.05, 4.69) is 19.8 Å². The zero-order valence-corrected chi connectivity index (χ0v) is 14.1. The summed E-state index contributed by atoms with van der Waals surface area (Å²) in [7, 11) is 0. The van der Waals surface area contributed by atoms with Crippen molar-refractivity contribution in [3.05, 3.63) is 35.3 Å². The Morgan fingerprint density at radius 1 is 1.16 bits per heavy atom. The molecule has 0 bridgehead atoms. The average molecular weight is 344 g/mol. The molecule has 2 heterocycles. The van der Waals surface area contributed by atoms with Crippen LogP contribution in [0.5, 0.6) is 0 Å². The molecule has 2 aromatic rings. The molecule has 0 atom stereocenters. The first kappa shape index (κ1) is 16.9. The summed E-state index contributed by atoms with van der Waals surface area (Å²) in [5, 5.41) is 0. The lowest BCUT2D eigenvalue weighted by atomic mass is 10.1. The number of nitrogen functional groups attached to an aromatic ring is 2. The summed E-state index contributed by atoms with van der Waals surface area (Å²) in [6.45, 7) is 4.73. The highest BCUT2D eigenvalue weighted by molar-refractivity contribution is 5.68. The molecule has 0 spiro atoms.